The Morgan fingerprint density at radius 1 is 0.462 bits per heavy atom. The van der Waals surface area contributed by atoms with Crippen LogP contribution in [0.5, 0.6) is 11.5 Å². The van der Waals surface area contributed by atoms with E-state index >= 15 is 0 Å². The fourth-order valence-electron chi connectivity index (χ4n) is 3.91. The molecule has 0 spiro atoms. The summed E-state index contributed by atoms with van der Waals surface area (Å²) in [6, 6.07) is 20.2. The minimum absolute atomic E-state index is 0.298. The first kappa shape index (κ1) is 15.0. The molecule has 0 atom stereocenters. The third-order valence-electron chi connectivity index (χ3n) is 5.28. The summed E-state index contributed by atoms with van der Waals surface area (Å²) in [5, 5.41) is 28.9. The van der Waals surface area contributed by atoms with Crippen molar-refractivity contribution in [2.75, 3.05) is 0 Å². The molecular weight excluding hydrogens is 320 g/mol. The summed E-state index contributed by atoms with van der Waals surface area (Å²) in [5.41, 5.74) is 2.24. The van der Waals surface area contributed by atoms with Gasteiger partial charge in [-0.3, -0.25) is 0 Å². The fraction of sp³-hybridized carbons (Fsp3) is 0.0833. The zero-order valence-electron chi connectivity index (χ0n) is 14.7. The van der Waals surface area contributed by atoms with Crippen molar-refractivity contribution in [2.45, 2.75) is 13.8 Å². The molecular formula is C24H18O2. The Kier molecular flexibility index (Phi) is 2.96. The summed E-state index contributed by atoms with van der Waals surface area (Å²) in [7, 11) is 0. The lowest BCUT2D eigenvalue weighted by atomic mass is 9.95. The van der Waals surface area contributed by atoms with Crippen molar-refractivity contribution >= 4 is 43.1 Å². The molecule has 0 aromatic heterocycles. The lowest BCUT2D eigenvalue weighted by molar-refractivity contribution is 0.486. The number of hydrogen-bond acceptors (Lipinski definition) is 2. The van der Waals surface area contributed by atoms with Gasteiger partial charge in [-0.25, -0.2) is 0 Å². The minimum Gasteiger partial charge on any atom is -0.507 e. The Balaban J connectivity index is 1.96. The Morgan fingerprint density at radius 2 is 0.846 bits per heavy atom. The maximum atomic E-state index is 10.9. The Morgan fingerprint density at radius 3 is 1.27 bits per heavy atom. The summed E-state index contributed by atoms with van der Waals surface area (Å²) in [6.07, 6.45) is 0. The van der Waals surface area contributed by atoms with Crippen molar-refractivity contribution in [2.24, 2.45) is 0 Å². The van der Waals surface area contributed by atoms with E-state index in [1.165, 1.54) is 0 Å². The highest BCUT2D eigenvalue weighted by Crippen LogP contribution is 2.41. The van der Waals surface area contributed by atoms with E-state index in [0.29, 0.717) is 11.5 Å². The molecule has 0 heterocycles. The second kappa shape index (κ2) is 5.12. The van der Waals surface area contributed by atoms with Gasteiger partial charge in [-0.05, 0) is 71.8 Å². The largest absolute Gasteiger partial charge is 0.507 e. The number of aryl methyl sites for hydroxylation is 2. The third-order valence-corrected chi connectivity index (χ3v) is 5.28. The quantitative estimate of drug-likeness (QED) is 0.324. The summed E-state index contributed by atoms with van der Waals surface area (Å²) in [4.78, 5) is 0. The molecule has 0 amide bonds. The van der Waals surface area contributed by atoms with Crippen LogP contribution < -0.4 is 0 Å². The molecule has 2 nitrogen and oxygen atoms in total. The second-order valence-electron chi connectivity index (χ2n) is 7.19. The molecule has 0 aliphatic rings. The number of fused-ring (bicyclic) bond motifs is 4. The molecule has 0 radical (unpaired) electrons. The fourth-order valence-corrected chi connectivity index (χ4v) is 3.91. The molecule has 5 aromatic rings. The molecule has 2 N–H and O–H groups in total. The zero-order chi connectivity index (χ0) is 18.0. The first-order valence-electron chi connectivity index (χ1n) is 8.73. The standard InChI is InChI=1S/C24H18O2/c1-13-3-5-15-9-17-12-22-18(11-21(17)23(25)19(15)7-13)10-16-6-4-14(2)8-20(16)24(22)26/h3-12,25-26H,1-2H3. The third kappa shape index (κ3) is 2.05. The van der Waals surface area contributed by atoms with Gasteiger partial charge in [-0.1, -0.05) is 35.4 Å². The van der Waals surface area contributed by atoms with Gasteiger partial charge in [-0.15, -0.1) is 0 Å². The Labute approximate surface area is 150 Å². The van der Waals surface area contributed by atoms with Crippen LogP contribution in [0.25, 0.3) is 43.1 Å². The molecule has 26 heavy (non-hydrogen) atoms. The van der Waals surface area contributed by atoms with Crippen LogP contribution in [-0.4, -0.2) is 10.2 Å². The molecule has 2 heteroatoms. The van der Waals surface area contributed by atoms with Gasteiger partial charge in [0.25, 0.3) is 0 Å². The van der Waals surface area contributed by atoms with Gasteiger partial charge in [0.1, 0.15) is 11.5 Å². The molecule has 0 aliphatic heterocycles. The summed E-state index contributed by atoms with van der Waals surface area (Å²) >= 11 is 0. The smallest absolute Gasteiger partial charge is 0.131 e. The van der Waals surface area contributed by atoms with Crippen LogP contribution in [0.3, 0.4) is 0 Å². The Hall–Kier alpha value is -3.26. The number of phenols is 2. The van der Waals surface area contributed by atoms with E-state index in [2.05, 4.69) is 12.1 Å². The first-order chi connectivity index (χ1) is 12.5. The van der Waals surface area contributed by atoms with Gasteiger partial charge < -0.3 is 10.2 Å². The van der Waals surface area contributed by atoms with Gasteiger partial charge in [0.2, 0.25) is 0 Å². The minimum atomic E-state index is 0.298. The molecule has 0 unspecified atom stereocenters. The number of aromatic hydroxyl groups is 2. The van der Waals surface area contributed by atoms with Crippen LogP contribution in [0.2, 0.25) is 0 Å². The van der Waals surface area contributed by atoms with Gasteiger partial charge in [-0.2, -0.15) is 0 Å². The molecule has 0 saturated heterocycles. The van der Waals surface area contributed by atoms with Crippen LogP contribution in [0.4, 0.5) is 0 Å². The average molecular weight is 338 g/mol. The molecule has 0 aliphatic carbocycles. The van der Waals surface area contributed by atoms with Crippen molar-refractivity contribution < 1.29 is 10.2 Å². The highest BCUT2D eigenvalue weighted by Gasteiger charge is 2.12. The van der Waals surface area contributed by atoms with Crippen molar-refractivity contribution in [3.8, 4) is 11.5 Å². The molecule has 0 saturated carbocycles. The van der Waals surface area contributed by atoms with Gasteiger partial charge >= 0.3 is 0 Å². The molecule has 126 valence electrons. The number of hydrogen-bond donors (Lipinski definition) is 2. The monoisotopic (exact) mass is 338 g/mol. The topological polar surface area (TPSA) is 40.5 Å². The molecule has 0 fully saturated rings. The second-order valence-corrected chi connectivity index (χ2v) is 7.19. The SMILES string of the molecule is Cc1ccc2cc3cc4c(O)c5cc(C)ccc5cc4cc3c(O)c2c1. The predicted octanol–water partition coefficient (Wildman–Crippen LogP) is 6.33. The van der Waals surface area contributed by atoms with E-state index in [4.69, 9.17) is 0 Å². The van der Waals surface area contributed by atoms with Crippen LogP contribution in [-0.2, 0) is 0 Å². The van der Waals surface area contributed by atoms with Crippen LogP contribution in [0.15, 0.2) is 60.7 Å². The Bertz CT molecular complexity index is 1260. The number of benzene rings is 5. The number of rotatable bonds is 0. The lowest BCUT2D eigenvalue weighted by Crippen LogP contribution is -1.84. The van der Waals surface area contributed by atoms with Gasteiger partial charge in [0.15, 0.2) is 0 Å². The highest BCUT2D eigenvalue weighted by molar-refractivity contribution is 6.14. The van der Waals surface area contributed by atoms with Crippen LogP contribution in [0.1, 0.15) is 11.1 Å². The predicted molar refractivity (Wildman–Crippen MR) is 109 cm³/mol. The summed E-state index contributed by atoms with van der Waals surface area (Å²) in [6.45, 7) is 4.05. The normalized spacial score (nSPS) is 11.8. The lowest BCUT2D eigenvalue weighted by Gasteiger charge is -2.12. The van der Waals surface area contributed by atoms with E-state index in [0.717, 1.165) is 54.2 Å². The van der Waals surface area contributed by atoms with Gasteiger partial charge in [0, 0.05) is 21.5 Å². The zero-order valence-corrected chi connectivity index (χ0v) is 14.7. The van der Waals surface area contributed by atoms with Crippen molar-refractivity contribution in [1.29, 1.82) is 0 Å². The van der Waals surface area contributed by atoms with Crippen molar-refractivity contribution in [1.82, 2.24) is 0 Å². The highest BCUT2D eigenvalue weighted by atomic mass is 16.3. The van der Waals surface area contributed by atoms with Crippen molar-refractivity contribution in [3.63, 3.8) is 0 Å². The first-order valence-corrected chi connectivity index (χ1v) is 8.73. The van der Waals surface area contributed by atoms with Crippen LogP contribution in [0, 0.1) is 13.8 Å². The van der Waals surface area contributed by atoms with E-state index < -0.39 is 0 Å². The number of phenolic OH excluding ortho intramolecular Hbond substituents is 2. The average Bonchev–Trinajstić information content (AvgIpc) is 2.63. The van der Waals surface area contributed by atoms with E-state index in [1.54, 1.807) is 0 Å². The summed E-state index contributed by atoms with van der Waals surface area (Å²) in [5.74, 6) is 0.596. The molecule has 0 bridgehead atoms. The van der Waals surface area contributed by atoms with E-state index in [1.807, 2.05) is 62.4 Å². The molecule has 5 aromatic carbocycles. The van der Waals surface area contributed by atoms with Crippen molar-refractivity contribution in [3.05, 3.63) is 71.8 Å². The van der Waals surface area contributed by atoms with Crippen LogP contribution >= 0.6 is 0 Å². The van der Waals surface area contributed by atoms with E-state index in [-0.39, 0.29) is 0 Å². The van der Waals surface area contributed by atoms with E-state index in [9.17, 15) is 10.2 Å². The summed E-state index contributed by atoms with van der Waals surface area (Å²) < 4.78 is 0. The maximum Gasteiger partial charge on any atom is 0.131 e. The maximum absolute atomic E-state index is 10.9. The van der Waals surface area contributed by atoms with Gasteiger partial charge in [0.05, 0.1) is 0 Å². The molecule has 5 rings (SSSR count).